The van der Waals surface area contributed by atoms with Crippen LogP contribution in [0, 0.1) is 0 Å². The summed E-state index contributed by atoms with van der Waals surface area (Å²) in [6.07, 6.45) is -0.307. The first-order chi connectivity index (χ1) is 11.9. The number of aliphatic hydroxyl groups is 1. The minimum absolute atomic E-state index is 0.134. The van der Waals surface area contributed by atoms with Crippen molar-refractivity contribution in [2.45, 2.75) is 17.2 Å². The number of carbonyl (C=O) groups excluding carboxylic acids is 1. The molecule has 10 heteroatoms. The van der Waals surface area contributed by atoms with Gasteiger partial charge in [-0.3, -0.25) is 4.79 Å². The minimum Gasteiger partial charge on any atom is -0.506 e. The molecule has 140 valence electrons. The van der Waals surface area contributed by atoms with E-state index in [-0.39, 0.29) is 11.8 Å². The van der Waals surface area contributed by atoms with Crippen LogP contribution in [-0.4, -0.2) is 28.2 Å². The molecule has 2 aromatic rings. The van der Waals surface area contributed by atoms with Gasteiger partial charge < -0.3 is 10.4 Å². The molecule has 2 aromatic carbocycles. The van der Waals surface area contributed by atoms with Crippen LogP contribution in [0.5, 0.6) is 0 Å². The van der Waals surface area contributed by atoms with Crippen LogP contribution in [0.4, 0.5) is 32.0 Å². The summed E-state index contributed by atoms with van der Waals surface area (Å²) in [4.78, 5) is 11.7. The molecular weight excluding hydrogens is 388 g/mol. The van der Waals surface area contributed by atoms with E-state index in [1.807, 2.05) is 0 Å². The van der Waals surface area contributed by atoms with E-state index in [0.717, 1.165) is 0 Å². The molecule has 0 radical (unpaired) electrons. The normalized spacial score (nSPS) is 13.7. The molecule has 0 aliphatic heterocycles. The topological polar surface area (TPSA) is 49.3 Å². The molecule has 0 aliphatic carbocycles. The van der Waals surface area contributed by atoms with E-state index < -0.39 is 28.9 Å². The molecular formula is C16H10ClF6NO2. The molecule has 0 bridgehead atoms. The van der Waals surface area contributed by atoms with Crippen LogP contribution in [0.1, 0.15) is 0 Å². The number of hydrogen-bond donors (Lipinski definition) is 2. The van der Waals surface area contributed by atoms with Gasteiger partial charge in [-0.2, -0.15) is 26.3 Å². The molecule has 0 saturated heterocycles. The van der Waals surface area contributed by atoms with Crippen LogP contribution < -0.4 is 5.32 Å². The van der Waals surface area contributed by atoms with Crippen LogP contribution in [0.2, 0.25) is 0 Å². The van der Waals surface area contributed by atoms with Gasteiger partial charge in [-0.25, -0.2) is 0 Å². The second-order valence-corrected chi connectivity index (χ2v) is 5.67. The van der Waals surface area contributed by atoms with Crippen molar-refractivity contribution in [3.05, 3.63) is 54.3 Å². The Morgan fingerprint density at radius 2 is 1.58 bits per heavy atom. The summed E-state index contributed by atoms with van der Waals surface area (Å²) in [5, 5.41) is 6.75. The molecule has 0 atom stereocenters. The van der Waals surface area contributed by atoms with Crippen LogP contribution in [0.15, 0.2) is 54.3 Å². The van der Waals surface area contributed by atoms with E-state index in [1.54, 1.807) is 30.3 Å². The van der Waals surface area contributed by atoms with Crippen LogP contribution in [-0.2, 0) is 4.79 Å². The zero-order chi connectivity index (χ0) is 19.8. The first kappa shape index (κ1) is 19.9. The monoisotopic (exact) mass is 397 g/mol. The summed E-state index contributed by atoms with van der Waals surface area (Å²) in [6, 6.07) is 11.2. The average molecular weight is 398 g/mol. The fraction of sp³-hybridized carbons (Fsp3) is 0.188. The van der Waals surface area contributed by atoms with E-state index in [2.05, 4.69) is 16.9 Å². The standard InChI is InChI=1S/C16H10ClF6NO2/c17-16(22,23)15(20,21)14(18,19)12(25)8-13(26)24-11-7-3-5-9-4-1-2-6-10(9)11/h1-8,25H,(H,24,26)/b12-8-. The Morgan fingerprint density at radius 1 is 1.00 bits per heavy atom. The molecule has 1 amide bonds. The first-order valence-corrected chi connectivity index (χ1v) is 7.28. The average Bonchev–Trinajstić information content (AvgIpc) is 2.53. The van der Waals surface area contributed by atoms with Crippen molar-refractivity contribution < 1.29 is 36.2 Å². The SMILES string of the molecule is O=C(/C=C(\O)C(F)(F)C(F)(F)C(F)(F)Cl)Nc1cccc2ccccc12. The smallest absolute Gasteiger partial charge is 0.394 e. The Balaban J connectivity index is 2.30. The van der Waals surface area contributed by atoms with Gasteiger partial charge in [-0.15, -0.1) is 0 Å². The number of carbonyl (C=O) groups is 1. The highest BCUT2D eigenvalue weighted by Crippen LogP contribution is 2.50. The largest absolute Gasteiger partial charge is 0.506 e. The molecule has 0 heterocycles. The van der Waals surface area contributed by atoms with Gasteiger partial charge in [0.25, 0.3) is 5.91 Å². The molecule has 26 heavy (non-hydrogen) atoms. The second kappa shape index (κ2) is 6.71. The number of aliphatic hydroxyl groups excluding tert-OH is 1. The van der Waals surface area contributed by atoms with Crippen molar-refractivity contribution in [2.24, 2.45) is 0 Å². The Labute approximate surface area is 147 Å². The first-order valence-electron chi connectivity index (χ1n) is 6.90. The highest BCUT2D eigenvalue weighted by atomic mass is 35.5. The Morgan fingerprint density at radius 3 is 2.19 bits per heavy atom. The second-order valence-electron chi connectivity index (χ2n) is 5.19. The van der Waals surface area contributed by atoms with Crippen molar-refractivity contribution in [1.82, 2.24) is 0 Å². The van der Waals surface area contributed by atoms with E-state index in [1.165, 1.54) is 12.1 Å². The number of allylic oxidation sites excluding steroid dienone is 1. The van der Waals surface area contributed by atoms with Gasteiger partial charge >= 0.3 is 17.2 Å². The van der Waals surface area contributed by atoms with Gasteiger partial charge in [0.05, 0.1) is 0 Å². The zero-order valence-electron chi connectivity index (χ0n) is 12.6. The Kier molecular flexibility index (Phi) is 5.14. The van der Waals surface area contributed by atoms with Gasteiger partial charge in [0, 0.05) is 17.1 Å². The van der Waals surface area contributed by atoms with Crippen LogP contribution >= 0.6 is 11.6 Å². The van der Waals surface area contributed by atoms with Gasteiger partial charge in [0.2, 0.25) is 0 Å². The van der Waals surface area contributed by atoms with Crippen molar-refractivity contribution in [3.8, 4) is 0 Å². The summed E-state index contributed by atoms with van der Waals surface area (Å²) < 4.78 is 78.0. The summed E-state index contributed by atoms with van der Waals surface area (Å²) in [7, 11) is 0. The highest BCUT2D eigenvalue weighted by molar-refractivity contribution is 6.22. The third-order valence-electron chi connectivity index (χ3n) is 3.39. The van der Waals surface area contributed by atoms with Gasteiger partial charge in [-0.1, -0.05) is 36.4 Å². The number of halogens is 7. The summed E-state index contributed by atoms with van der Waals surface area (Å²) >= 11 is 3.98. The maximum Gasteiger partial charge on any atom is 0.394 e. The molecule has 0 unspecified atom stereocenters. The number of hydrogen-bond acceptors (Lipinski definition) is 2. The van der Waals surface area contributed by atoms with Crippen molar-refractivity contribution in [1.29, 1.82) is 0 Å². The third kappa shape index (κ3) is 3.57. The van der Waals surface area contributed by atoms with Crippen molar-refractivity contribution >= 4 is 34.0 Å². The predicted octanol–water partition coefficient (Wildman–Crippen LogP) is 5.32. The number of alkyl halides is 7. The number of benzene rings is 2. The number of rotatable bonds is 5. The van der Waals surface area contributed by atoms with Gasteiger partial charge in [-0.05, 0) is 23.1 Å². The zero-order valence-corrected chi connectivity index (χ0v) is 13.4. The molecule has 2 rings (SSSR count). The van der Waals surface area contributed by atoms with E-state index in [0.29, 0.717) is 10.8 Å². The number of anilines is 1. The highest BCUT2D eigenvalue weighted by Gasteiger charge is 2.73. The van der Waals surface area contributed by atoms with E-state index in [4.69, 9.17) is 5.11 Å². The Bertz CT molecular complexity index is 858. The summed E-state index contributed by atoms with van der Waals surface area (Å²) in [5.74, 6) is -15.9. The van der Waals surface area contributed by atoms with E-state index in [9.17, 15) is 31.1 Å². The van der Waals surface area contributed by atoms with E-state index >= 15 is 0 Å². The lowest BCUT2D eigenvalue weighted by atomic mass is 10.1. The fourth-order valence-corrected chi connectivity index (χ4v) is 2.18. The lowest BCUT2D eigenvalue weighted by Gasteiger charge is -2.28. The van der Waals surface area contributed by atoms with Crippen LogP contribution in [0.25, 0.3) is 10.8 Å². The van der Waals surface area contributed by atoms with Crippen molar-refractivity contribution in [2.75, 3.05) is 5.32 Å². The molecule has 3 nitrogen and oxygen atoms in total. The molecule has 0 spiro atoms. The van der Waals surface area contributed by atoms with Gasteiger partial charge in [0.15, 0.2) is 5.76 Å². The predicted molar refractivity (Wildman–Crippen MR) is 84.0 cm³/mol. The summed E-state index contributed by atoms with van der Waals surface area (Å²) in [6.45, 7) is 0. The molecule has 0 aromatic heterocycles. The number of nitrogens with one attached hydrogen (secondary N) is 1. The molecule has 0 saturated carbocycles. The minimum atomic E-state index is -6.12. The quantitative estimate of drug-likeness (QED) is 0.310. The molecule has 0 fully saturated rings. The lowest BCUT2D eigenvalue weighted by molar-refractivity contribution is -0.272. The van der Waals surface area contributed by atoms with Crippen LogP contribution in [0.3, 0.4) is 0 Å². The summed E-state index contributed by atoms with van der Waals surface area (Å²) in [5.41, 5.74) is 0.134. The fourth-order valence-electron chi connectivity index (χ4n) is 2.06. The van der Waals surface area contributed by atoms with Gasteiger partial charge in [0.1, 0.15) is 0 Å². The maximum atomic E-state index is 13.4. The molecule has 0 aliphatic rings. The molecule has 2 N–H and O–H groups in total. The Hall–Kier alpha value is -2.42. The lowest BCUT2D eigenvalue weighted by Crippen LogP contribution is -2.52. The number of amides is 1. The third-order valence-corrected chi connectivity index (χ3v) is 3.62. The number of fused-ring (bicyclic) bond motifs is 1. The van der Waals surface area contributed by atoms with Crippen molar-refractivity contribution in [3.63, 3.8) is 0 Å². The maximum absolute atomic E-state index is 13.4.